The van der Waals surface area contributed by atoms with Gasteiger partial charge in [0.15, 0.2) is 17.7 Å². The Hall–Kier alpha value is -3.40. The van der Waals surface area contributed by atoms with Crippen LogP contribution in [0.25, 0.3) is 11.3 Å². The summed E-state index contributed by atoms with van der Waals surface area (Å²) in [5.41, 5.74) is -0.904. The Morgan fingerprint density at radius 3 is 2.27 bits per heavy atom. The predicted octanol–water partition coefficient (Wildman–Crippen LogP) is 6.19. The largest absolute Gasteiger partial charge is 0.458 e. The molecule has 13 atom stereocenters. The summed E-state index contributed by atoms with van der Waals surface area (Å²) < 4.78 is 33.2. The van der Waals surface area contributed by atoms with Crippen molar-refractivity contribution in [3.63, 3.8) is 0 Å². The Bertz CT molecular complexity index is 1790. The fourth-order valence-electron chi connectivity index (χ4n) is 9.54. The molecule has 14 nitrogen and oxygen atoms in total. The van der Waals surface area contributed by atoms with Crippen LogP contribution in [0.15, 0.2) is 36.8 Å². The molecule has 0 radical (unpaired) electrons. The van der Waals surface area contributed by atoms with Gasteiger partial charge >= 0.3 is 12.1 Å². The molecule has 5 rings (SSSR count). The highest BCUT2D eigenvalue weighted by molar-refractivity contribution is 6.30. The van der Waals surface area contributed by atoms with Crippen LogP contribution in [0, 0.1) is 23.7 Å². The monoisotopic (exact) mass is 844 g/mol. The Labute approximate surface area is 354 Å². The van der Waals surface area contributed by atoms with Gasteiger partial charge in [0, 0.05) is 60.8 Å². The molecule has 3 aliphatic heterocycles. The molecular formula is C44H65ClN4O10. The van der Waals surface area contributed by atoms with Crippen molar-refractivity contribution in [1.29, 1.82) is 0 Å². The molecule has 3 saturated heterocycles. The highest BCUT2D eigenvalue weighted by atomic mass is 35.5. The van der Waals surface area contributed by atoms with Crippen molar-refractivity contribution in [1.82, 2.24) is 19.4 Å². The number of benzene rings is 1. The minimum atomic E-state index is -1.41. The standard InChI is InChI=1S/C44H65ClN4O10/c1-12-34-44(8)38(49(42(54)59-44)20-14-13-19-48-23-32(46-24-48)30-15-17-31(45)18-16-30)27(4)35(50)25(2)22-43(7,55-11)39(28(5)36(51)29(6)40(53)57-34)58-41-37(52)33(47(9)10)21-26(3)56-41/h15-18,23-29,33-34,37-39,41,52H,12-14,19-22H2,1-11H3/t25-,26+,27+,28+,29-,33-,34-,37+,38-,39-,41-,43-,44-/m1/s1. The van der Waals surface area contributed by atoms with Gasteiger partial charge in [-0.1, -0.05) is 51.4 Å². The van der Waals surface area contributed by atoms with Crippen LogP contribution in [0.4, 0.5) is 4.79 Å². The highest BCUT2D eigenvalue weighted by Gasteiger charge is 2.60. The van der Waals surface area contributed by atoms with E-state index < -0.39 is 83.4 Å². The number of ketones is 2. The summed E-state index contributed by atoms with van der Waals surface area (Å²) in [6, 6.07) is 6.40. The van der Waals surface area contributed by atoms with Crippen LogP contribution >= 0.6 is 11.6 Å². The van der Waals surface area contributed by atoms with Crippen LogP contribution in [0.3, 0.4) is 0 Å². The van der Waals surface area contributed by atoms with Gasteiger partial charge in [-0.25, -0.2) is 9.78 Å². The first-order valence-corrected chi connectivity index (χ1v) is 21.4. The number of hydrogen-bond acceptors (Lipinski definition) is 12. The maximum atomic E-state index is 14.7. The van der Waals surface area contributed by atoms with Gasteiger partial charge in [0.05, 0.1) is 35.9 Å². The number of halogens is 1. The smallest absolute Gasteiger partial charge is 0.410 e. The second-order valence-corrected chi connectivity index (χ2v) is 18.0. The number of Topliss-reactive ketones (excluding diaryl/α,β-unsaturated/α-hetero) is 2. The summed E-state index contributed by atoms with van der Waals surface area (Å²) in [5, 5.41) is 12.1. The summed E-state index contributed by atoms with van der Waals surface area (Å²) in [6.45, 7) is 14.9. The predicted molar refractivity (Wildman–Crippen MR) is 221 cm³/mol. The van der Waals surface area contributed by atoms with Crippen molar-refractivity contribution >= 4 is 35.2 Å². The van der Waals surface area contributed by atoms with Crippen molar-refractivity contribution in [2.24, 2.45) is 23.7 Å². The number of fused-ring (bicyclic) bond motifs is 1. The zero-order valence-corrected chi connectivity index (χ0v) is 37.3. The van der Waals surface area contributed by atoms with Crippen molar-refractivity contribution < 1.29 is 48.0 Å². The van der Waals surface area contributed by atoms with Crippen molar-refractivity contribution in [3.05, 3.63) is 41.8 Å². The lowest BCUT2D eigenvalue weighted by atomic mass is 9.73. The van der Waals surface area contributed by atoms with E-state index in [9.17, 15) is 24.3 Å². The molecular weight excluding hydrogens is 780 g/mol. The van der Waals surface area contributed by atoms with Crippen molar-refractivity contribution in [2.75, 3.05) is 27.7 Å². The van der Waals surface area contributed by atoms with Crippen LogP contribution in [-0.4, -0.2) is 130 Å². The molecule has 1 N–H and O–H groups in total. The normalized spacial score (nSPS) is 36.3. The van der Waals surface area contributed by atoms with Gasteiger partial charge in [0.2, 0.25) is 0 Å². The molecule has 59 heavy (non-hydrogen) atoms. The number of esters is 1. The molecule has 0 saturated carbocycles. The minimum Gasteiger partial charge on any atom is -0.458 e. The number of imidazole rings is 1. The maximum absolute atomic E-state index is 14.7. The van der Waals surface area contributed by atoms with Gasteiger partial charge < -0.3 is 43.2 Å². The lowest BCUT2D eigenvalue weighted by molar-refractivity contribution is -0.295. The number of methoxy groups -OCH3 is 1. The van der Waals surface area contributed by atoms with E-state index in [-0.39, 0.29) is 30.8 Å². The van der Waals surface area contributed by atoms with Crippen molar-refractivity contribution in [3.8, 4) is 11.3 Å². The Balaban J connectivity index is 1.43. The first kappa shape index (κ1) is 46.7. The second kappa shape index (κ2) is 19.1. The molecule has 3 aliphatic rings. The Morgan fingerprint density at radius 1 is 0.983 bits per heavy atom. The lowest BCUT2D eigenvalue weighted by Gasteiger charge is -2.47. The number of likely N-dealkylation sites (N-methyl/N-ethyl adjacent to an activating group) is 1. The fourth-order valence-corrected chi connectivity index (χ4v) is 9.66. The van der Waals surface area contributed by atoms with Crippen LogP contribution in [-0.2, 0) is 44.6 Å². The Morgan fingerprint density at radius 2 is 1.64 bits per heavy atom. The van der Waals surface area contributed by atoms with E-state index in [1.807, 2.05) is 74.8 Å². The zero-order valence-electron chi connectivity index (χ0n) is 36.6. The molecule has 1 amide bonds. The number of amides is 1. The van der Waals surface area contributed by atoms with Gasteiger partial charge in [-0.3, -0.25) is 14.4 Å². The van der Waals surface area contributed by atoms with E-state index in [0.29, 0.717) is 37.4 Å². The summed E-state index contributed by atoms with van der Waals surface area (Å²) in [6.07, 6.45) is 0.947. The average molecular weight is 845 g/mol. The number of aliphatic hydroxyl groups excluding tert-OH is 1. The number of rotatable bonds is 11. The van der Waals surface area contributed by atoms with Gasteiger partial charge in [-0.05, 0) is 86.0 Å². The van der Waals surface area contributed by atoms with E-state index >= 15 is 0 Å². The van der Waals surface area contributed by atoms with Gasteiger partial charge in [0.1, 0.15) is 23.9 Å². The third-order valence-electron chi connectivity index (χ3n) is 13.0. The van der Waals surface area contributed by atoms with E-state index in [2.05, 4.69) is 4.98 Å². The molecule has 0 unspecified atom stereocenters. The van der Waals surface area contributed by atoms with Crippen LogP contribution in [0.1, 0.15) is 87.5 Å². The van der Waals surface area contributed by atoms with E-state index in [1.54, 1.807) is 38.9 Å². The summed E-state index contributed by atoms with van der Waals surface area (Å²) >= 11 is 6.06. The van der Waals surface area contributed by atoms with E-state index in [1.165, 1.54) is 14.0 Å². The van der Waals surface area contributed by atoms with Crippen LogP contribution in [0.2, 0.25) is 5.02 Å². The number of ether oxygens (including phenoxy) is 5. The number of aromatic nitrogens is 2. The first-order chi connectivity index (χ1) is 27.8. The third kappa shape index (κ3) is 9.89. The fraction of sp³-hybridized carbons (Fsp3) is 0.705. The van der Waals surface area contributed by atoms with Gasteiger partial charge in [0.25, 0.3) is 0 Å². The summed E-state index contributed by atoms with van der Waals surface area (Å²) in [7, 11) is 5.24. The van der Waals surface area contributed by atoms with E-state index in [4.69, 9.17) is 35.3 Å². The molecule has 328 valence electrons. The number of carbonyl (C=O) groups excluding carboxylic acids is 4. The second-order valence-electron chi connectivity index (χ2n) is 17.6. The number of nitrogens with zero attached hydrogens (tertiary/aromatic N) is 4. The number of carbonyl (C=O) groups is 4. The molecule has 2 aromatic rings. The number of cyclic esters (lactones) is 1. The van der Waals surface area contributed by atoms with E-state index in [0.717, 1.165) is 11.3 Å². The van der Waals surface area contributed by atoms with Crippen molar-refractivity contribution in [2.45, 2.75) is 148 Å². The Kier molecular flexibility index (Phi) is 15.1. The topological polar surface area (TPSA) is 159 Å². The first-order valence-electron chi connectivity index (χ1n) is 21.0. The lowest BCUT2D eigenvalue weighted by Crippen LogP contribution is -2.60. The highest BCUT2D eigenvalue weighted by Crippen LogP contribution is 2.43. The van der Waals surface area contributed by atoms with Gasteiger partial charge in [-0.15, -0.1) is 0 Å². The maximum Gasteiger partial charge on any atom is 0.410 e. The quantitative estimate of drug-likeness (QED) is 0.156. The molecule has 1 aromatic heterocycles. The molecule has 15 heteroatoms. The van der Waals surface area contributed by atoms with Crippen LogP contribution < -0.4 is 0 Å². The molecule has 0 bridgehead atoms. The molecule has 4 heterocycles. The molecule has 3 fully saturated rings. The zero-order chi connectivity index (χ0) is 43.6. The SMILES string of the molecule is CC[C@H]1OC(=O)[C@H](C)C(=O)[C@H](C)[C@@H](O[C@H]2O[C@@H](C)C[C@@H](N(C)C)[C@@H]2O)[C@](C)(OC)C[C@@H](C)C(=O)[C@H](C)[C@H]2N(CCCCn3cnc(-c4ccc(Cl)cc4)c3)C(=O)O[C@]12C. The minimum absolute atomic E-state index is 0.127. The third-order valence-corrected chi connectivity index (χ3v) is 13.3. The number of hydrogen-bond donors (Lipinski definition) is 1. The number of aliphatic hydroxyl groups is 1. The van der Waals surface area contributed by atoms with Crippen LogP contribution in [0.5, 0.6) is 0 Å². The van der Waals surface area contributed by atoms with Gasteiger partial charge in [-0.2, -0.15) is 0 Å². The summed E-state index contributed by atoms with van der Waals surface area (Å²) in [4.78, 5) is 64.9. The number of aryl methyl sites for hydroxylation is 1. The summed E-state index contributed by atoms with van der Waals surface area (Å²) in [5.74, 6) is -4.97. The molecule has 1 aromatic carbocycles. The average Bonchev–Trinajstić information content (AvgIpc) is 3.77. The number of unbranched alkanes of at least 4 members (excludes halogenated alkanes) is 1. The molecule has 0 spiro atoms. The molecule has 0 aliphatic carbocycles.